The molecule has 1 atom stereocenters. The molecular weight excluding hydrogens is 262 g/mol. The second-order valence-electron chi connectivity index (χ2n) is 5.45. The Labute approximate surface area is 126 Å². The maximum absolute atomic E-state index is 12.3. The summed E-state index contributed by atoms with van der Waals surface area (Å²) in [5, 5.41) is 3.47. The fraction of sp³-hybridized carbons (Fsp3) is 0.471. The van der Waals surface area contributed by atoms with Crippen LogP contribution in [0, 0.1) is 6.92 Å². The molecule has 0 saturated carbocycles. The number of nitrogens with zero attached hydrogens (tertiary/aromatic N) is 2. The first-order chi connectivity index (χ1) is 10.2. The molecule has 2 rings (SSSR count). The second kappa shape index (κ2) is 7.27. The standard InChI is InChI=1S/C17H25N3O/c1-4-10-19-11-12-20(17(19)21)13-16(18-5-2)15-8-6-14(3)7-9-15/h6-9,11-12,16,18H,4-5,10,13H2,1-3H3. The normalized spacial score (nSPS) is 12.5. The predicted molar refractivity (Wildman–Crippen MR) is 86.6 cm³/mol. The molecule has 1 heterocycles. The van der Waals surface area contributed by atoms with Gasteiger partial charge < -0.3 is 5.32 Å². The lowest BCUT2D eigenvalue weighted by Gasteiger charge is -2.18. The minimum atomic E-state index is 0.0758. The Hall–Kier alpha value is -1.81. The topological polar surface area (TPSA) is 39.0 Å². The summed E-state index contributed by atoms with van der Waals surface area (Å²) in [5.41, 5.74) is 2.55. The van der Waals surface area contributed by atoms with Crippen LogP contribution in [0.5, 0.6) is 0 Å². The van der Waals surface area contributed by atoms with Crippen molar-refractivity contribution < 1.29 is 0 Å². The number of likely N-dealkylation sites (N-methyl/N-ethyl adjacent to an activating group) is 1. The predicted octanol–water partition coefficient (Wildman–Crippen LogP) is 2.72. The first-order valence-electron chi connectivity index (χ1n) is 7.71. The van der Waals surface area contributed by atoms with Gasteiger partial charge in [0, 0.05) is 25.5 Å². The van der Waals surface area contributed by atoms with Crippen LogP contribution < -0.4 is 11.0 Å². The molecule has 1 N–H and O–H groups in total. The van der Waals surface area contributed by atoms with Gasteiger partial charge in [-0.15, -0.1) is 0 Å². The van der Waals surface area contributed by atoms with E-state index in [-0.39, 0.29) is 11.7 Å². The average molecular weight is 287 g/mol. The van der Waals surface area contributed by atoms with Gasteiger partial charge in [-0.2, -0.15) is 0 Å². The number of benzene rings is 1. The average Bonchev–Trinajstić information content (AvgIpc) is 2.81. The molecule has 2 aromatic rings. The molecule has 1 aromatic heterocycles. The Bertz CT molecular complexity index is 610. The van der Waals surface area contributed by atoms with Gasteiger partial charge in [0.25, 0.3) is 0 Å². The van der Waals surface area contributed by atoms with Gasteiger partial charge in [0.15, 0.2) is 0 Å². The Balaban J connectivity index is 2.20. The summed E-state index contributed by atoms with van der Waals surface area (Å²) < 4.78 is 3.57. The number of hydrogen-bond acceptors (Lipinski definition) is 2. The van der Waals surface area contributed by atoms with Gasteiger partial charge in [0.05, 0.1) is 6.04 Å². The van der Waals surface area contributed by atoms with Crippen LogP contribution in [-0.4, -0.2) is 15.7 Å². The zero-order valence-corrected chi connectivity index (χ0v) is 13.2. The Kier molecular flexibility index (Phi) is 5.39. The maximum Gasteiger partial charge on any atom is 0.328 e. The maximum atomic E-state index is 12.3. The highest BCUT2D eigenvalue weighted by atomic mass is 16.1. The molecule has 0 aliphatic carbocycles. The van der Waals surface area contributed by atoms with E-state index >= 15 is 0 Å². The number of nitrogens with one attached hydrogen (secondary N) is 1. The van der Waals surface area contributed by atoms with E-state index in [4.69, 9.17) is 0 Å². The Morgan fingerprint density at radius 1 is 1.10 bits per heavy atom. The van der Waals surface area contributed by atoms with Crippen LogP contribution in [0.1, 0.15) is 37.4 Å². The van der Waals surface area contributed by atoms with Crippen LogP contribution in [0.25, 0.3) is 0 Å². The van der Waals surface area contributed by atoms with Crippen LogP contribution in [0.2, 0.25) is 0 Å². The van der Waals surface area contributed by atoms with Crippen LogP contribution in [0.3, 0.4) is 0 Å². The van der Waals surface area contributed by atoms with Gasteiger partial charge in [0.2, 0.25) is 0 Å². The van der Waals surface area contributed by atoms with Gasteiger partial charge in [0.1, 0.15) is 0 Å². The molecule has 0 aliphatic rings. The zero-order valence-electron chi connectivity index (χ0n) is 13.2. The molecule has 0 amide bonds. The van der Waals surface area contributed by atoms with Crippen molar-refractivity contribution in [1.29, 1.82) is 0 Å². The van der Waals surface area contributed by atoms with Gasteiger partial charge in [-0.1, -0.05) is 43.7 Å². The minimum absolute atomic E-state index is 0.0758. The lowest BCUT2D eigenvalue weighted by Crippen LogP contribution is -2.31. The quantitative estimate of drug-likeness (QED) is 0.850. The number of aromatic nitrogens is 2. The van der Waals surface area contributed by atoms with Crippen molar-refractivity contribution in [2.75, 3.05) is 6.54 Å². The van der Waals surface area contributed by atoms with Gasteiger partial charge in [-0.25, -0.2) is 4.79 Å². The summed E-state index contributed by atoms with van der Waals surface area (Å²) in [6, 6.07) is 8.66. The number of aryl methyl sites for hydroxylation is 2. The van der Waals surface area contributed by atoms with Crippen molar-refractivity contribution in [2.45, 2.75) is 46.3 Å². The van der Waals surface area contributed by atoms with Crippen molar-refractivity contribution in [2.24, 2.45) is 0 Å². The van der Waals surface area contributed by atoms with E-state index in [1.54, 1.807) is 9.13 Å². The molecule has 0 aliphatic heterocycles. The molecule has 0 spiro atoms. The molecule has 0 radical (unpaired) electrons. The highest BCUT2D eigenvalue weighted by Crippen LogP contribution is 2.15. The van der Waals surface area contributed by atoms with Gasteiger partial charge >= 0.3 is 5.69 Å². The summed E-state index contributed by atoms with van der Waals surface area (Å²) in [5.74, 6) is 0. The lowest BCUT2D eigenvalue weighted by atomic mass is 10.1. The summed E-state index contributed by atoms with van der Waals surface area (Å²) in [4.78, 5) is 12.3. The van der Waals surface area contributed by atoms with Crippen LogP contribution in [-0.2, 0) is 13.1 Å². The summed E-state index contributed by atoms with van der Waals surface area (Å²) >= 11 is 0. The van der Waals surface area contributed by atoms with Crippen LogP contribution in [0.15, 0.2) is 41.5 Å². The van der Waals surface area contributed by atoms with Crippen molar-refractivity contribution in [1.82, 2.24) is 14.5 Å². The summed E-state index contributed by atoms with van der Waals surface area (Å²) in [6.45, 7) is 8.57. The molecule has 0 fully saturated rings. The highest BCUT2D eigenvalue weighted by Gasteiger charge is 2.13. The minimum Gasteiger partial charge on any atom is -0.309 e. The largest absolute Gasteiger partial charge is 0.328 e. The van der Waals surface area contributed by atoms with Crippen LogP contribution >= 0.6 is 0 Å². The highest BCUT2D eigenvalue weighted by molar-refractivity contribution is 5.24. The molecule has 4 nitrogen and oxygen atoms in total. The number of imidazole rings is 1. The Morgan fingerprint density at radius 2 is 1.76 bits per heavy atom. The van der Waals surface area contributed by atoms with Gasteiger partial charge in [-0.05, 0) is 25.5 Å². The molecule has 1 unspecified atom stereocenters. The van der Waals surface area contributed by atoms with Crippen molar-refractivity contribution >= 4 is 0 Å². The lowest BCUT2D eigenvalue weighted by molar-refractivity contribution is 0.461. The fourth-order valence-electron chi connectivity index (χ4n) is 2.53. The van der Waals surface area contributed by atoms with E-state index in [2.05, 4.69) is 50.4 Å². The third-order valence-corrected chi connectivity index (χ3v) is 3.69. The first-order valence-corrected chi connectivity index (χ1v) is 7.71. The SMILES string of the molecule is CCCn1ccn(CC(NCC)c2ccc(C)cc2)c1=O. The van der Waals surface area contributed by atoms with E-state index in [0.717, 1.165) is 19.5 Å². The van der Waals surface area contributed by atoms with Crippen molar-refractivity contribution in [3.05, 3.63) is 58.3 Å². The monoisotopic (exact) mass is 287 g/mol. The number of hydrogen-bond donors (Lipinski definition) is 1. The van der Waals surface area contributed by atoms with Gasteiger partial charge in [-0.3, -0.25) is 9.13 Å². The molecule has 0 bridgehead atoms. The Morgan fingerprint density at radius 3 is 2.38 bits per heavy atom. The van der Waals surface area contributed by atoms with E-state index < -0.39 is 0 Å². The van der Waals surface area contributed by atoms with Crippen molar-refractivity contribution in [3.8, 4) is 0 Å². The first kappa shape index (κ1) is 15.6. The van der Waals surface area contributed by atoms with Crippen molar-refractivity contribution in [3.63, 3.8) is 0 Å². The van der Waals surface area contributed by atoms with Crippen LogP contribution in [0.4, 0.5) is 0 Å². The molecular formula is C17H25N3O. The van der Waals surface area contributed by atoms with E-state index in [1.807, 2.05) is 12.4 Å². The number of rotatable bonds is 7. The zero-order chi connectivity index (χ0) is 15.2. The molecule has 114 valence electrons. The molecule has 0 saturated heterocycles. The third-order valence-electron chi connectivity index (χ3n) is 3.69. The van der Waals surface area contributed by atoms with E-state index in [9.17, 15) is 4.79 Å². The van der Waals surface area contributed by atoms with E-state index in [1.165, 1.54) is 11.1 Å². The smallest absolute Gasteiger partial charge is 0.309 e. The van der Waals surface area contributed by atoms with E-state index in [0.29, 0.717) is 6.54 Å². The molecule has 1 aromatic carbocycles. The summed E-state index contributed by atoms with van der Waals surface area (Å²) in [6.07, 6.45) is 4.74. The second-order valence-corrected chi connectivity index (χ2v) is 5.45. The molecule has 21 heavy (non-hydrogen) atoms. The molecule has 4 heteroatoms. The third kappa shape index (κ3) is 3.85. The summed E-state index contributed by atoms with van der Waals surface area (Å²) in [7, 11) is 0. The fourth-order valence-corrected chi connectivity index (χ4v) is 2.53.